The Hall–Kier alpha value is -0.840. The number of nitrogens with zero attached hydrogens (tertiary/aromatic N) is 2. The summed E-state index contributed by atoms with van der Waals surface area (Å²) in [5.41, 5.74) is 0. The summed E-state index contributed by atoms with van der Waals surface area (Å²) in [6.07, 6.45) is 6.05. The van der Waals surface area contributed by atoms with E-state index in [2.05, 4.69) is 0 Å². The normalized spacial score (nSPS) is 19.8. The number of hydrogen-bond acceptors (Lipinski definition) is 5. The second-order valence-corrected chi connectivity index (χ2v) is 4.34. The van der Waals surface area contributed by atoms with Crippen molar-refractivity contribution < 1.29 is 9.53 Å². The van der Waals surface area contributed by atoms with Crippen LogP contribution in [0.15, 0.2) is 12.4 Å². The molecule has 0 N–H and O–H groups in total. The van der Waals surface area contributed by atoms with Crippen LogP contribution in [-0.4, -0.2) is 47.7 Å². The molecule has 1 aliphatic heterocycles. The van der Waals surface area contributed by atoms with Gasteiger partial charge < -0.3 is 14.5 Å². The van der Waals surface area contributed by atoms with Gasteiger partial charge in [-0.1, -0.05) is 0 Å². The molecule has 4 nitrogen and oxygen atoms in total. The minimum absolute atomic E-state index is 0.136. The van der Waals surface area contributed by atoms with Crippen molar-refractivity contribution in [2.75, 3.05) is 25.6 Å². The van der Waals surface area contributed by atoms with Gasteiger partial charge in [-0.15, -0.1) is 0 Å². The van der Waals surface area contributed by atoms with Crippen molar-refractivity contribution in [2.45, 2.75) is 19.7 Å². The molecule has 0 aliphatic carbocycles. The zero-order valence-electron chi connectivity index (χ0n) is 9.47. The summed E-state index contributed by atoms with van der Waals surface area (Å²) in [5, 5.41) is 0. The molecular weight excluding hydrogens is 212 g/mol. The summed E-state index contributed by atoms with van der Waals surface area (Å²) < 4.78 is 5.37. The fourth-order valence-corrected chi connectivity index (χ4v) is 1.72. The summed E-state index contributed by atoms with van der Waals surface area (Å²) in [4.78, 5) is 15.3. The van der Waals surface area contributed by atoms with Gasteiger partial charge in [-0.2, -0.15) is 11.8 Å². The molecular formula is C10H18N2O2S. The second kappa shape index (κ2) is 5.90. The van der Waals surface area contributed by atoms with Crippen LogP contribution in [0.3, 0.4) is 0 Å². The van der Waals surface area contributed by atoms with Gasteiger partial charge in [0.1, 0.15) is 0 Å². The number of hydrogen-bond donors (Lipinski definition) is 0. The lowest BCUT2D eigenvalue weighted by atomic mass is 10.5. The number of carbonyl (C=O) groups excluding carboxylic acids is 1. The molecule has 0 spiro atoms. The third-order valence-electron chi connectivity index (χ3n) is 2.24. The first-order chi connectivity index (χ1) is 7.19. The number of ether oxygens (including phenoxy) is 1. The van der Waals surface area contributed by atoms with Crippen molar-refractivity contribution in [3.05, 3.63) is 12.4 Å². The number of rotatable bonds is 5. The van der Waals surface area contributed by atoms with Crippen LogP contribution >= 0.6 is 11.8 Å². The van der Waals surface area contributed by atoms with Gasteiger partial charge in [-0.25, -0.2) is 0 Å². The lowest BCUT2D eigenvalue weighted by Gasteiger charge is -2.28. The Kier molecular flexibility index (Phi) is 4.81. The molecule has 0 aromatic carbocycles. The van der Waals surface area contributed by atoms with Crippen LogP contribution in [0.2, 0.25) is 0 Å². The van der Waals surface area contributed by atoms with Crippen LogP contribution in [0.1, 0.15) is 13.3 Å². The third kappa shape index (κ3) is 3.34. The van der Waals surface area contributed by atoms with Crippen molar-refractivity contribution in [1.29, 1.82) is 0 Å². The standard InChI is InChI=1S/C10H18N2O2S/c1-4-12-7-6-11(2)10(12)14-9(13)5-8-15-3/h6-7,10H,4-5,8H2,1-3H3. The van der Waals surface area contributed by atoms with E-state index in [0.29, 0.717) is 6.42 Å². The highest BCUT2D eigenvalue weighted by Crippen LogP contribution is 2.15. The Labute approximate surface area is 95.2 Å². The average molecular weight is 230 g/mol. The van der Waals surface area contributed by atoms with Crippen molar-refractivity contribution in [3.63, 3.8) is 0 Å². The molecule has 15 heavy (non-hydrogen) atoms. The highest BCUT2D eigenvalue weighted by molar-refractivity contribution is 7.98. The largest absolute Gasteiger partial charge is 0.422 e. The highest BCUT2D eigenvalue weighted by Gasteiger charge is 2.25. The minimum Gasteiger partial charge on any atom is -0.422 e. The maximum Gasteiger partial charge on any atom is 0.309 e. The van der Waals surface area contributed by atoms with E-state index in [1.807, 2.05) is 42.4 Å². The van der Waals surface area contributed by atoms with Crippen LogP contribution in [0.4, 0.5) is 0 Å². The first-order valence-corrected chi connectivity index (χ1v) is 6.42. The van der Waals surface area contributed by atoms with E-state index in [4.69, 9.17) is 4.74 Å². The number of thioether (sulfide) groups is 1. The highest BCUT2D eigenvalue weighted by atomic mass is 32.2. The predicted molar refractivity (Wildman–Crippen MR) is 62.2 cm³/mol. The summed E-state index contributed by atoms with van der Waals surface area (Å²) in [6, 6.07) is 0. The number of esters is 1. The Morgan fingerprint density at radius 2 is 2.27 bits per heavy atom. The molecule has 0 aromatic heterocycles. The van der Waals surface area contributed by atoms with Gasteiger partial charge in [0.2, 0.25) is 0 Å². The van der Waals surface area contributed by atoms with Gasteiger partial charge in [0.25, 0.3) is 6.35 Å². The van der Waals surface area contributed by atoms with E-state index in [1.54, 1.807) is 11.8 Å². The Morgan fingerprint density at radius 3 is 2.87 bits per heavy atom. The van der Waals surface area contributed by atoms with E-state index in [9.17, 15) is 4.79 Å². The van der Waals surface area contributed by atoms with Gasteiger partial charge in [0.15, 0.2) is 0 Å². The van der Waals surface area contributed by atoms with Gasteiger partial charge in [0, 0.05) is 31.7 Å². The molecule has 1 unspecified atom stereocenters. The van der Waals surface area contributed by atoms with Gasteiger partial charge in [0.05, 0.1) is 6.42 Å². The fourth-order valence-electron chi connectivity index (χ4n) is 1.35. The van der Waals surface area contributed by atoms with Crippen molar-refractivity contribution in [3.8, 4) is 0 Å². The zero-order valence-corrected chi connectivity index (χ0v) is 10.3. The summed E-state index contributed by atoms with van der Waals surface area (Å²) in [7, 11) is 1.90. The quantitative estimate of drug-likeness (QED) is 0.665. The van der Waals surface area contributed by atoms with Gasteiger partial charge in [-0.05, 0) is 13.2 Å². The molecule has 1 aliphatic rings. The smallest absolute Gasteiger partial charge is 0.309 e. The lowest BCUT2D eigenvalue weighted by Crippen LogP contribution is -2.40. The Morgan fingerprint density at radius 1 is 1.53 bits per heavy atom. The Bertz CT molecular complexity index is 246. The number of carbonyl (C=O) groups is 1. The predicted octanol–water partition coefficient (Wildman–Crippen LogP) is 1.30. The summed E-state index contributed by atoms with van der Waals surface area (Å²) in [6.45, 7) is 2.87. The topological polar surface area (TPSA) is 32.8 Å². The van der Waals surface area contributed by atoms with E-state index < -0.39 is 0 Å². The van der Waals surface area contributed by atoms with Crippen molar-refractivity contribution >= 4 is 17.7 Å². The van der Waals surface area contributed by atoms with Crippen LogP contribution < -0.4 is 0 Å². The van der Waals surface area contributed by atoms with Crippen LogP contribution in [0.25, 0.3) is 0 Å². The maximum absolute atomic E-state index is 11.4. The van der Waals surface area contributed by atoms with Crippen LogP contribution in [-0.2, 0) is 9.53 Å². The summed E-state index contributed by atoms with van der Waals surface area (Å²) in [5.74, 6) is 0.679. The molecule has 0 radical (unpaired) electrons. The molecule has 1 rings (SSSR count). The van der Waals surface area contributed by atoms with E-state index in [-0.39, 0.29) is 12.3 Å². The zero-order chi connectivity index (χ0) is 11.3. The minimum atomic E-state index is -0.260. The lowest BCUT2D eigenvalue weighted by molar-refractivity contribution is -0.166. The molecule has 0 fully saturated rings. The molecule has 0 saturated heterocycles. The van der Waals surface area contributed by atoms with Crippen molar-refractivity contribution in [1.82, 2.24) is 9.80 Å². The molecule has 5 heteroatoms. The van der Waals surface area contributed by atoms with Gasteiger partial charge in [-0.3, -0.25) is 4.79 Å². The van der Waals surface area contributed by atoms with Gasteiger partial charge >= 0.3 is 5.97 Å². The molecule has 86 valence electrons. The van der Waals surface area contributed by atoms with E-state index in [1.165, 1.54) is 0 Å². The Balaban J connectivity index is 2.39. The first-order valence-electron chi connectivity index (χ1n) is 5.03. The van der Waals surface area contributed by atoms with Crippen LogP contribution in [0.5, 0.6) is 0 Å². The molecule has 0 amide bonds. The van der Waals surface area contributed by atoms with Crippen LogP contribution in [0, 0.1) is 0 Å². The average Bonchev–Trinajstić information content (AvgIpc) is 2.57. The molecule has 0 bridgehead atoms. The third-order valence-corrected chi connectivity index (χ3v) is 2.85. The molecule has 1 heterocycles. The fraction of sp³-hybridized carbons (Fsp3) is 0.700. The monoisotopic (exact) mass is 230 g/mol. The maximum atomic E-state index is 11.4. The molecule has 1 atom stereocenters. The molecule has 0 saturated carbocycles. The summed E-state index contributed by atoms with van der Waals surface area (Å²) >= 11 is 1.65. The molecule has 0 aromatic rings. The first kappa shape index (κ1) is 12.2. The van der Waals surface area contributed by atoms with Crippen molar-refractivity contribution in [2.24, 2.45) is 0 Å². The van der Waals surface area contributed by atoms with E-state index in [0.717, 1.165) is 12.3 Å². The second-order valence-electron chi connectivity index (χ2n) is 3.35. The van der Waals surface area contributed by atoms with E-state index >= 15 is 0 Å². The SMILES string of the molecule is CCN1C=CN(C)C1OC(=O)CCSC.